The maximum Gasteiger partial charge on any atom is 0.408 e. The molecule has 0 saturated carbocycles. The van der Waals surface area contributed by atoms with Crippen LogP contribution >= 0.6 is 15.9 Å². The first-order chi connectivity index (χ1) is 12.5. The van der Waals surface area contributed by atoms with E-state index in [0.29, 0.717) is 5.56 Å². The molecule has 2 aromatic carbocycles. The number of alkyl carbamates (subject to hydrolysis) is 1. The van der Waals surface area contributed by atoms with Crippen LogP contribution in [0.5, 0.6) is 0 Å². The maximum absolute atomic E-state index is 12.1. The molecule has 0 radical (unpaired) electrons. The average Bonchev–Trinajstić information content (AvgIpc) is 2.64. The van der Waals surface area contributed by atoms with Gasteiger partial charge in [0.1, 0.15) is 12.6 Å². The third-order valence-corrected chi connectivity index (χ3v) is 4.16. The molecule has 0 aliphatic carbocycles. The molecule has 0 aromatic heterocycles. The van der Waals surface area contributed by atoms with Crippen LogP contribution in [0, 0.1) is 0 Å². The number of carboxylic acids is 1. The summed E-state index contributed by atoms with van der Waals surface area (Å²) in [7, 11) is 0. The molecule has 1 atom stereocenters. The topological polar surface area (TPSA) is 92.7 Å². The molecule has 7 heteroatoms. The van der Waals surface area contributed by atoms with Crippen LogP contribution in [-0.2, 0) is 16.1 Å². The standard InChI is InChI=1S/C19H18BrNO5/c20-15-8-6-13(7-9-15)12-26-19(25)21-16(18(23)24)10-11-17(22)14-4-2-1-3-5-14/h1-9,16H,10-12H2,(H,21,25)(H,23,24). The third-order valence-electron chi connectivity index (χ3n) is 3.63. The first-order valence-electron chi connectivity index (χ1n) is 7.94. The van der Waals surface area contributed by atoms with Crippen molar-refractivity contribution in [3.63, 3.8) is 0 Å². The Hall–Kier alpha value is -2.67. The fraction of sp³-hybridized carbons (Fsp3) is 0.211. The van der Waals surface area contributed by atoms with Gasteiger partial charge < -0.3 is 15.2 Å². The van der Waals surface area contributed by atoms with Gasteiger partial charge in [-0.05, 0) is 24.1 Å². The fourth-order valence-electron chi connectivity index (χ4n) is 2.21. The lowest BCUT2D eigenvalue weighted by molar-refractivity contribution is -0.139. The van der Waals surface area contributed by atoms with Gasteiger partial charge in [0.2, 0.25) is 0 Å². The molecule has 0 bridgehead atoms. The lowest BCUT2D eigenvalue weighted by Crippen LogP contribution is -2.41. The van der Waals surface area contributed by atoms with E-state index in [2.05, 4.69) is 21.2 Å². The zero-order valence-electron chi connectivity index (χ0n) is 13.9. The van der Waals surface area contributed by atoms with Crippen LogP contribution < -0.4 is 5.32 Å². The lowest BCUT2D eigenvalue weighted by Gasteiger charge is -2.14. The van der Waals surface area contributed by atoms with Gasteiger partial charge in [-0.2, -0.15) is 0 Å². The molecule has 2 rings (SSSR count). The van der Waals surface area contributed by atoms with Crippen molar-refractivity contribution in [1.29, 1.82) is 0 Å². The highest BCUT2D eigenvalue weighted by molar-refractivity contribution is 9.10. The highest BCUT2D eigenvalue weighted by Crippen LogP contribution is 2.11. The predicted octanol–water partition coefficient (Wildman–Crippen LogP) is 3.79. The Morgan fingerprint density at radius 1 is 1.04 bits per heavy atom. The second-order valence-corrected chi connectivity index (χ2v) is 6.48. The van der Waals surface area contributed by atoms with E-state index in [4.69, 9.17) is 4.74 Å². The molecule has 0 fully saturated rings. The van der Waals surface area contributed by atoms with Crippen LogP contribution in [0.15, 0.2) is 59.1 Å². The average molecular weight is 420 g/mol. The molecule has 6 nitrogen and oxygen atoms in total. The van der Waals surface area contributed by atoms with Crippen molar-refractivity contribution >= 4 is 33.8 Å². The van der Waals surface area contributed by atoms with Crippen molar-refractivity contribution < 1.29 is 24.2 Å². The molecule has 2 N–H and O–H groups in total. The smallest absolute Gasteiger partial charge is 0.408 e. The van der Waals surface area contributed by atoms with Crippen molar-refractivity contribution in [2.75, 3.05) is 0 Å². The summed E-state index contributed by atoms with van der Waals surface area (Å²) in [5.74, 6) is -1.40. The minimum absolute atomic E-state index is 0.00791. The molecule has 2 aromatic rings. The van der Waals surface area contributed by atoms with Gasteiger partial charge in [-0.1, -0.05) is 58.4 Å². The molecule has 1 amide bonds. The molecule has 26 heavy (non-hydrogen) atoms. The molecular weight excluding hydrogens is 402 g/mol. The molecule has 0 saturated heterocycles. The largest absolute Gasteiger partial charge is 0.480 e. The van der Waals surface area contributed by atoms with E-state index < -0.39 is 18.1 Å². The van der Waals surface area contributed by atoms with Crippen LogP contribution in [0.2, 0.25) is 0 Å². The SMILES string of the molecule is O=C(NC(CCC(=O)c1ccccc1)C(=O)O)OCc1ccc(Br)cc1. The summed E-state index contributed by atoms with van der Waals surface area (Å²) in [6.45, 7) is 0.0222. The van der Waals surface area contributed by atoms with Gasteiger partial charge in [-0.15, -0.1) is 0 Å². The normalized spacial score (nSPS) is 11.4. The number of aliphatic carboxylic acids is 1. The number of hydrogen-bond donors (Lipinski definition) is 2. The Labute approximate surface area is 159 Å². The molecule has 0 aliphatic heterocycles. The van der Waals surface area contributed by atoms with Crippen LogP contribution in [0.4, 0.5) is 4.79 Å². The summed E-state index contributed by atoms with van der Waals surface area (Å²) in [5.41, 5.74) is 1.28. The molecule has 0 heterocycles. The van der Waals surface area contributed by atoms with Crippen molar-refractivity contribution in [3.05, 3.63) is 70.2 Å². The maximum atomic E-state index is 12.1. The van der Waals surface area contributed by atoms with E-state index in [0.717, 1.165) is 10.0 Å². The molecular formula is C19H18BrNO5. The number of rotatable bonds is 8. The van der Waals surface area contributed by atoms with Crippen LogP contribution in [0.3, 0.4) is 0 Å². The van der Waals surface area contributed by atoms with Crippen LogP contribution in [0.1, 0.15) is 28.8 Å². The summed E-state index contributed by atoms with van der Waals surface area (Å²) in [5, 5.41) is 11.5. The van der Waals surface area contributed by atoms with Gasteiger partial charge >= 0.3 is 12.1 Å². The van der Waals surface area contributed by atoms with Crippen LogP contribution in [-0.4, -0.2) is 29.0 Å². The molecule has 0 spiro atoms. The van der Waals surface area contributed by atoms with E-state index in [1.807, 2.05) is 12.1 Å². The Kier molecular flexibility index (Phi) is 7.35. The highest BCUT2D eigenvalue weighted by Gasteiger charge is 2.22. The number of ketones is 1. The number of carbonyl (C=O) groups is 3. The number of carbonyl (C=O) groups excluding carboxylic acids is 2. The first-order valence-corrected chi connectivity index (χ1v) is 8.74. The van der Waals surface area contributed by atoms with Crippen molar-refractivity contribution in [1.82, 2.24) is 5.32 Å². The number of amides is 1. The fourth-order valence-corrected chi connectivity index (χ4v) is 2.48. The van der Waals surface area contributed by atoms with Gasteiger partial charge in [-0.25, -0.2) is 9.59 Å². The van der Waals surface area contributed by atoms with Crippen molar-refractivity contribution in [2.45, 2.75) is 25.5 Å². The minimum Gasteiger partial charge on any atom is -0.480 e. The zero-order valence-corrected chi connectivity index (χ0v) is 15.4. The summed E-state index contributed by atoms with van der Waals surface area (Å²) < 4.78 is 5.93. The van der Waals surface area contributed by atoms with Crippen molar-refractivity contribution in [3.8, 4) is 0 Å². The second-order valence-electron chi connectivity index (χ2n) is 5.57. The summed E-state index contributed by atoms with van der Waals surface area (Å²) in [4.78, 5) is 35.2. The molecule has 136 valence electrons. The quantitative estimate of drug-likeness (QED) is 0.634. The Morgan fingerprint density at radius 3 is 2.31 bits per heavy atom. The zero-order chi connectivity index (χ0) is 18.9. The number of hydrogen-bond acceptors (Lipinski definition) is 4. The first kappa shape index (κ1) is 19.7. The minimum atomic E-state index is -1.22. The van der Waals surface area contributed by atoms with E-state index in [-0.39, 0.29) is 25.2 Å². The number of benzene rings is 2. The Bertz CT molecular complexity index is 761. The number of ether oxygens (including phenoxy) is 1. The molecule has 0 aliphatic rings. The summed E-state index contributed by atoms with van der Waals surface area (Å²) in [6.07, 6.45) is -0.850. The van der Waals surface area contributed by atoms with Gasteiger partial charge in [-0.3, -0.25) is 4.79 Å². The second kappa shape index (κ2) is 9.72. The Balaban J connectivity index is 1.83. The van der Waals surface area contributed by atoms with Gasteiger partial charge in [0, 0.05) is 16.5 Å². The summed E-state index contributed by atoms with van der Waals surface area (Å²) >= 11 is 3.31. The predicted molar refractivity (Wildman–Crippen MR) is 98.9 cm³/mol. The highest BCUT2D eigenvalue weighted by atomic mass is 79.9. The van der Waals surface area contributed by atoms with Gasteiger partial charge in [0.05, 0.1) is 0 Å². The number of nitrogens with one attached hydrogen (secondary N) is 1. The van der Waals surface area contributed by atoms with E-state index in [1.54, 1.807) is 42.5 Å². The van der Waals surface area contributed by atoms with Crippen LogP contribution in [0.25, 0.3) is 0 Å². The monoisotopic (exact) mass is 419 g/mol. The third kappa shape index (κ3) is 6.33. The number of Topliss-reactive ketones (excluding diaryl/α,β-unsaturated/α-hetero) is 1. The van der Waals surface area contributed by atoms with Gasteiger partial charge in [0.15, 0.2) is 5.78 Å². The molecule has 1 unspecified atom stereocenters. The van der Waals surface area contributed by atoms with Crippen molar-refractivity contribution in [2.24, 2.45) is 0 Å². The Morgan fingerprint density at radius 2 is 1.69 bits per heavy atom. The number of halogens is 1. The van der Waals surface area contributed by atoms with Gasteiger partial charge in [0.25, 0.3) is 0 Å². The lowest BCUT2D eigenvalue weighted by atomic mass is 10.0. The number of carboxylic acid groups (broad SMARTS) is 1. The summed E-state index contributed by atoms with van der Waals surface area (Å²) in [6, 6.07) is 14.6. The van der Waals surface area contributed by atoms with E-state index in [9.17, 15) is 19.5 Å². The van der Waals surface area contributed by atoms with E-state index >= 15 is 0 Å². The van der Waals surface area contributed by atoms with E-state index in [1.165, 1.54) is 0 Å².